The van der Waals surface area contributed by atoms with E-state index in [0.717, 1.165) is 76.5 Å². The largest absolute Gasteiger partial charge is 0.455 e. The van der Waals surface area contributed by atoms with E-state index in [-0.39, 0.29) is 29.7 Å². The highest BCUT2D eigenvalue weighted by Crippen LogP contribution is 2.48. The molecule has 1 heteroatoms. The molecule has 0 spiro atoms. The van der Waals surface area contributed by atoms with Crippen molar-refractivity contribution in [3.8, 4) is 33.4 Å². The van der Waals surface area contributed by atoms with Crippen molar-refractivity contribution in [3.05, 3.63) is 158 Å². The van der Waals surface area contributed by atoms with Crippen molar-refractivity contribution < 1.29 is 11.3 Å². The van der Waals surface area contributed by atoms with Crippen LogP contribution < -0.4 is 0 Å². The van der Waals surface area contributed by atoms with Crippen LogP contribution in [0, 0.1) is 0 Å². The van der Waals surface area contributed by atoms with Crippen LogP contribution >= 0.6 is 0 Å². The Labute approximate surface area is 256 Å². The van der Waals surface area contributed by atoms with Gasteiger partial charge in [-0.1, -0.05) is 145 Å². The van der Waals surface area contributed by atoms with Crippen LogP contribution in [-0.2, 0) is 0 Å². The van der Waals surface area contributed by atoms with E-state index < -0.39 is 6.04 Å². The zero-order valence-corrected chi connectivity index (χ0v) is 23.0. The van der Waals surface area contributed by atoms with Crippen molar-refractivity contribution in [2.45, 2.75) is 0 Å². The summed E-state index contributed by atoms with van der Waals surface area (Å²) in [7, 11) is 0. The molecule has 1 aromatic heterocycles. The van der Waals surface area contributed by atoms with E-state index in [1.807, 2.05) is 72.8 Å². The first-order valence-corrected chi connectivity index (χ1v) is 14.4. The highest BCUT2D eigenvalue weighted by Gasteiger charge is 2.21. The van der Waals surface area contributed by atoms with Crippen molar-refractivity contribution in [2.75, 3.05) is 0 Å². The molecular weight excluding hydrogens is 520 g/mol. The van der Waals surface area contributed by atoms with Gasteiger partial charge in [0.25, 0.3) is 0 Å². The zero-order valence-electron chi connectivity index (χ0n) is 28.0. The molecule has 8 aromatic carbocycles. The van der Waals surface area contributed by atoms with E-state index in [2.05, 4.69) is 54.6 Å². The summed E-state index contributed by atoms with van der Waals surface area (Å²) in [5, 5.41) is 8.41. The maximum absolute atomic E-state index is 8.80. The molecule has 200 valence electrons. The smallest absolute Gasteiger partial charge is 0.143 e. The lowest BCUT2D eigenvalue weighted by Crippen LogP contribution is -1.93. The van der Waals surface area contributed by atoms with Gasteiger partial charge in [0.05, 0.1) is 6.85 Å². The quantitative estimate of drug-likeness (QED) is 0.199. The van der Waals surface area contributed by atoms with Gasteiger partial charge in [0.2, 0.25) is 0 Å². The third kappa shape index (κ3) is 3.58. The van der Waals surface area contributed by atoms with E-state index >= 15 is 0 Å². The first-order valence-electron chi connectivity index (χ1n) is 16.9. The highest BCUT2D eigenvalue weighted by atomic mass is 16.3. The minimum atomic E-state index is -0.402. The summed E-state index contributed by atoms with van der Waals surface area (Å²) in [5.41, 5.74) is 6.38. The minimum Gasteiger partial charge on any atom is -0.455 e. The van der Waals surface area contributed by atoms with Crippen LogP contribution in [0.25, 0.3) is 87.6 Å². The highest BCUT2D eigenvalue weighted by molar-refractivity contribution is 6.27. The molecule has 0 radical (unpaired) electrons. The van der Waals surface area contributed by atoms with Crippen molar-refractivity contribution >= 4 is 54.3 Å². The number of hydrogen-bond donors (Lipinski definition) is 0. The standard InChI is InChI=1S/C42H26O/c1-2-13-27(14-3-1)29-16-6-7-18-31(29)39-32-19-8-10-21-34(32)40(35-22-11-9-20-33(35)39)36-23-12-24-38-41(36)37-26-25-28-15-4-5-17-30(28)42(37)43-38/h1-26H/i1D,2D,3D,13D,14D. The fourth-order valence-corrected chi connectivity index (χ4v) is 6.77. The van der Waals surface area contributed by atoms with Crippen molar-refractivity contribution in [3.63, 3.8) is 0 Å². The molecule has 9 rings (SSSR count). The SMILES string of the molecule is [2H]c1c([2H])c([2H])c(-c2ccccc2-c2c3ccccc3c(-c3cccc4oc5c6ccccc6ccc5c34)c3ccccc23)c([2H])c1[2H]. The van der Waals surface area contributed by atoms with E-state index in [9.17, 15) is 0 Å². The molecule has 0 aliphatic rings. The lowest BCUT2D eigenvalue weighted by molar-refractivity contribution is 0.673. The molecule has 43 heavy (non-hydrogen) atoms. The second-order valence-electron chi connectivity index (χ2n) is 10.8. The lowest BCUT2D eigenvalue weighted by Gasteiger charge is -2.20. The van der Waals surface area contributed by atoms with Gasteiger partial charge >= 0.3 is 0 Å². The molecule has 0 saturated heterocycles. The summed E-state index contributed by atoms with van der Waals surface area (Å²) in [4.78, 5) is 0. The second kappa shape index (κ2) is 9.44. The van der Waals surface area contributed by atoms with Crippen LogP contribution in [0.3, 0.4) is 0 Å². The number of fused-ring (bicyclic) bond motifs is 7. The molecule has 0 aliphatic carbocycles. The predicted molar refractivity (Wildman–Crippen MR) is 183 cm³/mol. The van der Waals surface area contributed by atoms with Crippen LogP contribution in [0.15, 0.2) is 162 Å². The summed E-state index contributed by atoms with van der Waals surface area (Å²) in [5.74, 6) is 0. The van der Waals surface area contributed by atoms with Crippen LogP contribution in [0.2, 0.25) is 0 Å². The van der Waals surface area contributed by atoms with Crippen LogP contribution in [0.4, 0.5) is 0 Å². The number of rotatable bonds is 3. The predicted octanol–water partition coefficient (Wildman–Crippen LogP) is 12.0. The van der Waals surface area contributed by atoms with Gasteiger partial charge in [-0.3, -0.25) is 0 Å². The summed E-state index contributed by atoms with van der Waals surface area (Å²) in [6, 6.07) is 41.6. The first kappa shape index (κ1) is 19.5. The van der Waals surface area contributed by atoms with Gasteiger partial charge < -0.3 is 4.42 Å². The van der Waals surface area contributed by atoms with E-state index in [1.165, 1.54) is 0 Å². The van der Waals surface area contributed by atoms with Crippen molar-refractivity contribution in [2.24, 2.45) is 0 Å². The second-order valence-corrected chi connectivity index (χ2v) is 10.8. The lowest BCUT2D eigenvalue weighted by atomic mass is 9.83. The topological polar surface area (TPSA) is 13.1 Å². The molecule has 0 bridgehead atoms. The molecule has 1 nitrogen and oxygen atoms in total. The molecule has 1 heterocycles. The van der Waals surface area contributed by atoms with Crippen LogP contribution in [-0.4, -0.2) is 0 Å². The average molecular weight is 552 g/mol. The maximum Gasteiger partial charge on any atom is 0.143 e. The summed E-state index contributed by atoms with van der Waals surface area (Å²) < 4.78 is 49.1. The number of furan rings is 1. The van der Waals surface area contributed by atoms with Gasteiger partial charge in [-0.15, -0.1) is 0 Å². The third-order valence-electron chi connectivity index (χ3n) is 8.55. The van der Waals surface area contributed by atoms with Crippen LogP contribution in [0.5, 0.6) is 0 Å². The Kier molecular flexibility index (Phi) is 4.27. The number of benzene rings is 8. The third-order valence-corrected chi connectivity index (χ3v) is 8.55. The zero-order chi connectivity index (χ0) is 32.7. The summed E-state index contributed by atoms with van der Waals surface area (Å²) in [6.45, 7) is 0. The van der Waals surface area contributed by atoms with Crippen molar-refractivity contribution in [1.82, 2.24) is 0 Å². The molecule has 9 aromatic rings. The monoisotopic (exact) mass is 551 g/mol. The Balaban J connectivity index is 1.41. The summed E-state index contributed by atoms with van der Waals surface area (Å²) >= 11 is 0. The average Bonchev–Trinajstić information content (AvgIpc) is 3.52. The van der Waals surface area contributed by atoms with Gasteiger partial charge in [-0.05, 0) is 72.4 Å². The minimum absolute atomic E-state index is 0.190. The summed E-state index contributed by atoms with van der Waals surface area (Å²) in [6.07, 6.45) is 0. The first-order chi connectivity index (χ1) is 23.4. The Morgan fingerprint density at radius 3 is 1.67 bits per heavy atom. The van der Waals surface area contributed by atoms with Crippen molar-refractivity contribution in [1.29, 1.82) is 0 Å². The normalized spacial score (nSPS) is 13.3. The molecule has 0 N–H and O–H groups in total. The van der Waals surface area contributed by atoms with Gasteiger partial charge in [-0.25, -0.2) is 0 Å². The molecule has 0 aliphatic heterocycles. The Hall–Kier alpha value is -5.66. The van der Waals surface area contributed by atoms with E-state index in [1.54, 1.807) is 0 Å². The molecule has 0 amide bonds. The fourth-order valence-electron chi connectivity index (χ4n) is 6.77. The molecular formula is C42H26O. The van der Waals surface area contributed by atoms with Gasteiger partial charge in [-0.2, -0.15) is 0 Å². The molecule has 0 fully saturated rings. The van der Waals surface area contributed by atoms with E-state index in [0.29, 0.717) is 5.56 Å². The van der Waals surface area contributed by atoms with Crippen LogP contribution in [0.1, 0.15) is 6.85 Å². The Morgan fingerprint density at radius 1 is 0.419 bits per heavy atom. The molecule has 0 atom stereocenters. The van der Waals surface area contributed by atoms with Gasteiger partial charge in [0.15, 0.2) is 0 Å². The van der Waals surface area contributed by atoms with Gasteiger partial charge in [0, 0.05) is 16.2 Å². The molecule has 0 unspecified atom stereocenters. The molecule has 0 saturated carbocycles. The maximum atomic E-state index is 8.80. The van der Waals surface area contributed by atoms with Gasteiger partial charge in [0.1, 0.15) is 11.2 Å². The Morgan fingerprint density at radius 2 is 0.977 bits per heavy atom. The fraction of sp³-hybridized carbons (Fsp3) is 0. The number of hydrogen-bond acceptors (Lipinski definition) is 1. The van der Waals surface area contributed by atoms with E-state index in [4.69, 9.17) is 11.3 Å². The Bertz CT molecular complexity index is 2710.